The predicted octanol–water partition coefficient (Wildman–Crippen LogP) is 2.69. The molecule has 4 rings (SSSR count). The van der Waals surface area contributed by atoms with Crippen molar-refractivity contribution in [3.8, 4) is 0 Å². The highest BCUT2D eigenvalue weighted by atomic mass is 16.5. The third kappa shape index (κ3) is 7.85. The van der Waals surface area contributed by atoms with E-state index in [4.69, 9.17) is 14.5 Å². The molecule has 12 heteroatoms. The van der Waals surface area contributed by atoms with Crippen molar-refractivity contribution in [1.82, 2.24) is 19.0 Å². The average molecular weight is 597 g/mol. The summed E-state index contributed by atoms with van der Waals surface area (Å²) in [5, 5.41) is 0. The maximum Gasteiger partial charge on any atom is 0.332 e. The highest BCUT2D eigenvalue weighted by Crippen LogP contribution is 2.26. The number of unbranched alkanes of at least 4 members (excludes halogenated alkanes) is 1. The van der Waals surface area contributed by atoms with Crippen LogP contribution < -0.4 is 16.1 Å². The number of hydrogen-bond donors (Lipinski definition) is 0. The third-order valence-electron chi connectivity index (χ3n) is 7.91. The largest absolute Gasteiger partial charge is 0.385 e. The van der Waals surface area contributed by atoms with Crippen LogP contribution in [0.3, 0.4) is 0 Å². The van der Waals surface area contributed by atoms with Crippen LogP contribution in [-0.4, -0.2) is 83.6 Å². The van der Waals surface area contributed by atoms with Gasteiger partial charge in [-0.05, 0) is 50.7 Å². The van der Waals surface area contributed by atoms with E-state index >= 15 is 0 Å². The molecule has 2 aromatic heterocycles. The molecule has 1 saturated heterocycles. The third-order valence-corrected chi connectivity index (χ3v) is 7.91. The molecule has 0 unspecified atom stereocenters. The van der Waals surface area contributed by atoms with Gasteiger partial charge in [-0.2, -0.15) is 0 Å². The molecule has 2 aliphatic heterocycles. The standard InChI is InChI=1S/C31H44N6O6/c1-4-14-37-30(40)24-21-25(33-29(24)36(31(37)41)17-7-8-19-42-2)23-11-12-26(32-22-23)35(28(39)13-20-43-3)18-9-16-34-15-6-5-10-27(34)38/h11-12,22H,4-10,13-21H2,1-3H3. The lowest BCUT2D eigenvalue weighted by atomic mass is 10.1. The number of pyridine rings is 1. The molecule has 2 aliphatic rings. The second-order valence-electron chi connectivity index (χ2n) is 11.0. The number of likely N-dealkylation sites (tertiary alicyclic amines) is 1. The number of carbonyl (C=O) groups excluding carboxylic acids is 2. The van der Waals surface area contributed by atoms with Crippen molar-refractivity contribution in [2.24, 2.45) is 4.99 Å². The van der Waals surface area contributed by atoms with Crippen molar-refractivity contribution in [1.29, 1.82) is 0 Å². The van der Waals surface area contributed by atoms with E-state index in [-0.39, 0.29) is 29.5 Å². The van der Waals surface area contributed by atoms with Crippen LogP contribution in [0, 0.1) is 0 Å². The number of aliphatic imine (C=N–C) groups is 1. The molecule has 1 fully saturated rings. The van der Waals surface area contributed by atoms with Crippen molar-refractivity contribution in [2.75, 3.05) is 52.0 Å². The lowest BCUT2D eigenvalue weighted by Gasteiger charge is -2.28. The highest BCUT2D eigenvalue weighted by molar-refractivity contribution is 6.06. The molecule has 0 atom stereocenters. The van der Waals surface area contributed by atoms with Gasteiger partial charge in [0.05, 0.1) is 24.3 Å². The Hall–Kier alpha value is -3.64. The lowest BCUT2D eigenvalue weighted by molar-refractivity contribution is -0.133. The van der Waals surface area contributed by atoms with Crippen molar-refractivity contribution in [2.45, 2.75) is 77.8 Å². The summed E-state index contributed by atoms with van der Waals surface area (Å²) in [6.45, 7) is 5.43. The van der Waals surface area contributed by atoms with Crippen molar-refractivity contribution in [3.63, 3.8) is 0 Å². The molecular weight excluding hydrogens is 552 g/mol. The van der Waals surface area contributed by atoms with Gasteiger partial charge in [-0.15, -0.1) is 0 Å². The summed E-state index contributed by atoms with van der Waals surface area (Å²) in [4.78, 5) is 64.7. The lowest BCUT2D eigenvalue weighted by Crippen LogP contribution is -2.41. The molecule has 2 amide bonds. The SMILES string of the molecule is CCCn1c(=O)c2c(n(CCCCOC)c1=O)N=C(c1ccc(N(CCCN3CCCCC3=O)C(=O)CCOC)nc1)C2. The fraction of sp³-hybridized carbons (Fsp3) is 0.613. The Balaban J connectivity index is 1.54. The first-order chi connectivity index (χ1) is 20.9. The molecule has 0 bridgehead atoms. The van der Waals surface area contributed by atoms with Crippen molar-refractivity contribution < 1.29 is 19.1 Å². The van der Waals surface area contributed by atoms with Gasteiger partial charge >= 0.3 is 5.69 Å². The molecule has 0 radical (unpaired) electrons. The minimum absolute atomic E-state index is 0.105. The summed E-state index contributed by atoms with van der Waals surface area (Å²) in [5.41, 5.74) is 1.27. The number of anilines is 1. The quantitative estimate of drug-likeness (QED) is 0.273. The van der Waals surface area contributed by atoms with E-state index in [1.165, 1.54) is 4.57 Å². The number of piperidine rings is 1. The van der Waals surface area contributed by atoms with Gasteiger partial charge in [0, 0.05) is 78.2 Å². The summed E-state index contributed by atoms with van der Waals surface area (Å²) in [5.74, 6) is 0.992. The van der Waals surface area contributed by atoms with Gasteiger partial charge < -0.3 is 14.4 Å². The predicted molar refractivity (Wildman–Crippen MR) is 164 cm³/mol. The van der Waals surface area contributed by atoms with Crippen LogP contribution in [0.4, 0.5) is 11.6 Å². The van der Waals surface area contributed by atoms with Crippen molar-refractivity contribution >= 4 is 29.2 Å². The number of fused-ring (bicyclic) bond motifs is 1. The Kier molecular flexibility index (Phi) is 11.8. The Morgan fingerprint density at radius 1 is 0.977 bits per heavy atom. The van der Waals surface area contributed by atoms with Crippen LogP contribution in [0.15, 0.2) is 32.9 Å². The monoisotopic (exact) mass is 596 g/mol. The zero-order valence-electron chi connectivity index (χ0n) is 25.7. The number of hydrogen-bond acceptors (Lipinski definition) is 8. The van der Waals surface area contributed by atoms with Gasteiger partial charge in [-0.25, -0.2) is 14.8 Å². The first kappa shape index (κ1) is 32.3. The Labute approximate surface area is 252 Å². The van der Waals surface area contributed by atoms with Gasteiger partial charge in [0.2, 0.25) is 11.8 Å². The summed E-state index contributed by atoms with van der Waals surface area (Å²) < 4.78 is 13.2. The van der Waals surface area contributed by atoms with E-state index < -0.39 is 0 Å². The number of aromatic nitrogens is 3. The van der Waals surface area contributed by atoms with Crippen LogP contribution in [0.1, 0.15) is 69.4 Å². The molecule has 0 saturated carbocycles. The molecule has 0 N–H and O–H groups in total. The topological polar surface area (TPSA) is 128 Å². The second-order valence-corrected chi connectivity index (χ2v) is 11.0. The number of carbonyl (C=O) groups is 2. The summed E-state index contributed by atoms with van der Waals surface area (Å²) in [6, 6.07) is 3.63. The maximum absolute atomic E-state index is 13.3. The van der Waals surface area contributed by atoms with E-state index in [2.05, 4.69) is 4.98 Å². The molecule has 2 aromatic rings. The summed E-state index contributed by atoms with van der Waals surface area (Å²) >= 11 is 0. The van der Waals surface area contributed by atoms with E-state index in [1.54, 1.807) is 35.9 Å². The van der Waals surface area contributed by atoms with Crippen LogP contribution in [0.25, 0.3) is 0 Å². The number of methoxy groups -OCH3 is 2. The second kappa shape index (κ2) is 15.7. The highest BCUT2D eigenvalue weighted by Gasteiger charge is 2.27. The van der Waals surface area contributed by atoms with Crippen LogP contribution in [0.5, 0.6) is 0 Å². The molecule has 0 aliphatic carbocycles. The molecule has 0 spiro atoms. The summed E-state index contributed by atoms with van der Waals surface area (Å²) in [7, 11) is 3.21. The zero-order valence-corrected chi connectivity index (χ0v) is 25.7. The average Bonchev–Trinajstić information content (AvgIpc) is 3.46. The van der Waals surface area contributed by atoms with Crippen LogP contribution in [0.2, 0.25) is 0 Å². The molecular formula is C31H44N6O6. The van der Waals surface area contributed by atoms with Crippen molar-refractivity contribution in [3.05, 3.63) is 50.3 Å². The van der Waals surface area contributed by atoms with Gasteiger partial charge in [-0.3, -0.25) is 28.4 Å². The smallest absolute Gasteiger partial charge is 0.332 e. The maximum atomic E-state index is 13.3. The fourth-order valence-corrected chi connectivity index (χ4v) is 5.59. The van der Waals surface area contributed by atoms with Gasteiger partial charge in [0.15, 0.2) is 0 Å². The number of amides is 2. The fourth-order valence-electron chi connectivity index (χ4n) is 5.59. The Morgan fingerprint density at radius 3 is 2.49 bits per heavy atom. The normalized spacial score (nSPS) is 14.6. The Bertz CT molecular complexity index is 1410. The molecule has 0 aromatic carbocycles. The van der Waals surface area contributed by atoms with E-state index in [0.717, 1.165) is 37.8 Å². The van der Waals surface area contributed by atoms with Crippen LogP contribution in [-0.2, 0) is 38.6 Å². The number of nitrogens with zero attached hydrogens (tertiary/aromatic N) is 6. The van der Waals surface area contributed by atoms with Crippen LogP contribution >= 0.6 is 0 Å². The molecule has 234 valence electrons. The van der Waals surface area contributed by atoms with Gasteiger partial charge in [0.25, 0.3) is 5.56 Å². The van der Waals surface area contributed by atoms with E-state index in [9.17, 15) is 19.2 Å². The first-order valence-electron chi connectivity index (χ1n) is 15.4. The minimum atomic E-state index is -0.335. The molecule has 4 heterocycles. The van der Waals surface area contributed by atoms with E-state index in [1.807, 2.05) is 17.9 Å². The molecule has 43 heavy (non-hydrogen) atoms. The van der Waals surface area contributed by atoms with Gasteiger partial charge in [-0.1, -0.05) is 6.92 Å². The number of ether oxygens (including phenoxy) is 2. The zero-order chi connectivity index (χ0) is 30.8. The summed E-state index contributed by atoms with van der Waals surface area (Å²) in [6.07, 6.45) is 7.55. The minimum Gasteiger partial charge on any atom is -0.385 e. The Morgan fingerprint density at radius 2 is 1.79 bits per heavy atom. The van der Waals surface area contributed by atoms with E-state index in [0.29, 0.717) is 88.0 Å². The van der Waals surface area contributed by atoms with Gasteiger partial charge in [0.1, 0.15) is 11.6 Å². The molecule has 12 nitrogen and oxygen atoms in total. The number of rotatable bonds is 16. The first-order valence-corrected chi connectivity index (χ1v) is 15.4.